The maximum atomic E-state index is 14.9. The molecule has 0 atom stereocenters. The number of aryl methyl sites for hydroxylation is 1. The Morgan fingerprint density at radius 3 is 2.09 bits per heavy atom. The third-order valence-electron chi connectivity index (χ3n) is 5.99. The zero-order valence-corrected chi connectivity index (χ0v) is 18.6. The van der Waals surface area contributed by atoms with Crippen molar-refractivity contribution in [2.75, 3.05) is 7.11 Å². The number of hydrogen-bond donors (Lipinski definition) is 0. The minimum absolute atomic E-state index is 0.144. The SMILES string of the molecule is CCCCCCc1ccc2cc(-c3ccc(-c4ccc(OC)c(F)c4)c(F)c3)ccc2c1. The Morgan fingerprint density at radius 2 is 1.34 bits per heavy atom. The molecule has 0 saturated heterocycles. The fraction of sp³-hybridized carbons (Fsp3) is 0.241. The molecule has 4 aromatic rings. The third kappa shape index (κ3) is 4.83. The Labute approximate surface area is 188 Å². The van der Waals surface area contributed by atoms with E-state index < -0.39 is 5.82 Å². The molecule has 32 heavy (non-hydrogen) atoms. The first kappa shape index (κ1) is 22.0. The predicted octanol–water partition coefficient (Wildman–Crippen LogP) is 8.58. The molecular weight excluding hydrogens is 402 g/mol. The zero-order chi connectivity index (χ0) is 22.5. The van der Waals surface area contributed by atoms with Gasteiger partial charge in [-0.05, 0) is 70.1 Å². The molecule has 0 unspecified atom stereocenters. The predicted molar refractivity (Wildman–Crippen MR) is 129 cm³/mol. The zero-order valence-electron chi connectivity index (χ0n) is 18.6. The van der Waals surface area contributed by atoms with Gasteiger partial charge in [-0.15, -0.1) is 0 Å². The summed E-state index contributed by atoms with van der Waals surface area (Å²) in [6.07, 6.45) is 6.15. The summed E-state index contributed by atoms with van der Waals surface area (Å²) in [7, 11) is 1.41. The molecular formula is C29H28F2O. The van der Waals surface area contributed by atoms with Crippen LogP contribution in [-0.4, -0.2) is 7.11 Å². The third-order valence-corrected chi connectivity index (χ3v) is 5.99. The first-order chi connectivity index (χ1) is 15.6. The summed E-state index contributed by atoms with van der Waals surface area (Å²) in [5, 5.41) is 2.34. The summed E-state index contributed by atoms with van der Waals surface area (Å²) < 4.78 is 33.9. The lowest BCUT2D eigenvalue weighted by Gasteiger charge is -2.10. The second-order valence-electron chi connectivity index (χ2n) is 8.25. The van der Waals surface area contributed by atoms with Crippen molar-refractivity contribution >= 4 is 10.8 Å². The van der Waals surface area contributed by atoms with E-state index in [9.17, 15) is 8.78 Å². The van der Waals surface area contributed by atoms with Gasteiger partial charge in [0.2, 0.25) is 0 Å². The number of benzene rings is 4. The van der Waals surface area contributed by atoms with Gasteiger partial charge in [0, 0.05) is 5.56 Å². The molecule has 0 aliphatic carbocycles. The van der Waals surface area contributed by atoms with Crippen LogP contribution in [0.3, 0.4) is 0 Å². The van der Waals surface area contributed by atoms with Crippen LogP contribution in [0.2, 0.25) is 0 Å². The van der Waals surface area contributed by atoms with Crippen LogP contribution in [0.15, 0.2) is 72.8 Å². The number of halogens is 2. The number of fused-ring (bicyclic) bond motifs is 1. The van der Waals surface area contributed by atoms with Crippen LogP contribution in [0, 0.1) is 11.6 Å². The first-order valence-corrected chi connectivity index (χ1v) is 11.3. The van der Waals surface area contributed by atoms with Crippen LogP contribution >= 0.6 is 0 Å². The summed E-state index contributed by atoms with van der Waals surface area (Å²) in [6.45, 7) is 2.23. The molecule has 0 N–H and O–H groups in total. The van der Waals surface area contributed by atoms with Crippen LogP contribution in [0.5, 0.6) is 5.75 Å². The lowest BCUT2D eigenvalue weighted by atomic mass is 9.96. The van der Waals surface area contributed by atoms with E-state index in [0.717, 1.165) is 22.9 Å². The topological polar surface area (TPSA) is 9.23 Å². The number of methoxy groups -OCH3 is 1. The summed E-state index contributed by atoms with van der Waals surface area (Å²) in [6, 6.07) is 22.4. The molecule has 0 aromatic heterocycles. The second-order valence-corrected chi connectivity index (χ2v) is 8.25. The van der Waals surface area contributed by atoms with Crippen LogP contribution < -0.4 is 4.74 Å². The standard InChI is InChI=1S/C29H28F2O/c1-3-4-5-6-7-20-8-9-22-17-23(11-10-21(22)16-20)24-12-14-26(27(30)18-24)25-13-15-29(32-2)28(31)19-25/h8-19H,3-7H2,1-2H3. The van der Waals surface area contributed by atoms with Crippen LogP contribution in [-0.2, 0) is 6.42 Å². The Hall–Kier alpha value is -3.20. The van der Waals surface area contributed by atoms with Gasteiger partial charge >= 0.3 is 0 Å². The van der Waals surface area contributed by atoms with Gasteiger partial charge in [-0.2, -0.15) is 0 Å². The lowest BCUT2D eigenvalue weighted by Crippen LogP contribution is -1.91. The van der Waals surface area contributed by atoms with Crippen LogP contribution in [0.1, 0.15) is 38.2 Å². The van der Waals surface area contributed by atoms with Crippen molar-refractivity contribution in [3.63, 3.8) is 0 Å². The van der Waals surface area contributed by atoms with Gasteiger partial charge in [-0.1, -0.05) is 74.7 Å². The highest BCUT2D eigenvalue weighted by Gasteiger charge is 2.11. The van der Waals surface area contributed by atoms with Crippen molar-refractivity contribution in [3.05, 3.63) is 90.0 Å². The number of unbranched alkanes of at least 4 members (excludes halogenated alkanes) is 3. The Bertz CT molecular complexity index is 1230. The molecule has 0 saturated carbocycles. The van der Waals surface area contributed by atoms with Crippen molar-refractivity contribution in [3.8, 4) is 28.0 Å². The van der Waals surface area contributed by atoms with Gasteiger partial charge in [0.1, 0.15) is 5.82 Å². The fourth-order valence-corrected chi connectivity index (χ4v) is 4.15. The first-order valence-electron chi connectivity index (χ1n) is 11.3. The molecule has 0 bridgehead atoms. The largest absolute Gasteiger partial charge is 0.494 e. The molecule has 1 nitrogen and oxygen atoms in total. The molecule has 3 heteroatoms. The van der Waals surface area contributed by atoms with E-state index in [1.807, 2.05) is 12.1 Å². The molecule has 164 valence electrons. The van der Waals surface area contributed by atoms with Crippen molar-refractivity contribution < 1.29 is 13.5 Å². The molecule has 0 aliphatic rings. The maximum Gasteiger partial charge on any atom is 0.165 e. The molecule has 4 rings (SSSR count). The smallest absolute Gasteiger partial charge is 0.165 e. The highest BCUT2D eigenvalue weighted by molar-refractivity contribution is 5.88. The van der Waals surface area contributed by atoms with E-state index in [2.05, 4.69) is 37.3 Å². The molecule has 0 fully saturated rings. The summed E-state index contributed by atoms with van der Waals surface area (Å²) in [5.74, 6) is -0.742. The summed E-state index contributed by atoms with van der Waals surface area (Å²) >= 11 is 0. The molecule has 0 radical (unpaired) electrons. The molecule has 0 aliphatic heterocycles. The highest BCUT2D eigenvalue weighted by Crippen LogP contribution is 2.32. The van der Waals surface area contributed by atoms with Gasteiger partial charge in [0.15, 0.2) is 11.6 Å². The normalized spacial score (nSPS) is 11.1. The number of ether oxygens (including phenoxy) is 1. The average molecular weight is 431 g/mol. The molecule has 0 spiro atoms. The van der Waals surface area contributed by atoms with E-state index >= 15 is 0 Å². The highest BCUT2D eigenvalue weighted by atomic mass is 19.1. The number of rotatable bonds is 8. The summed E-state index contributed by atoms with van der Waals surface area (Å²) in [5.41, 5.74) is 3.97. The average Bonchev–Trinajstić information content (AvgIpc) is 2.81. The molecule has 4 aromatic carbocycles. The van der Waals surface area contributed by atoms with Gasteiger partial charge in [0.05, 0.1) is 7.11 Å². The van der Waals surface area contributed by atoms with Crippen LogP contribution in [0.25, 0.3) is 33.0 Å². The van der Waals surface area contributed by atoms with Gasteiger partial charge in [-0.3, -0.25) is 0 Å². The second kappa shape index (κ2) is 9.95. The van der Waals surface area contributed by atoms with Gasteiger partial charge < -0.3 is 4.74 Å². The van der Waals surface area contributed by atoms with Gasteiger partial charge in [0.25, 0.3) is 0 Å². The van der Waals surface area contributed by atoms with Crippen LogP contribution in [0.4, 0.5) is 8.78 Å². The Morgan fingerprint density at radius 1 is 0.656 bits per heavy atom. The van der Waals surface area contributed by atoms with Crippen molar-refractivity contribution in [1.29, 1.82) is 0 Å². The maximum absolute atomic E-state index is 14.9. The lowest BCUT2D eigenvalue weighted by molar-refractivity contribution is 0.386. The van der Waals surface area contributed by atoms with E-state index in [0.29, 0.717) is 11.1 Å². The quantitative estimate of drug-likeness (QED) is 0.254. The monoisotopic (exact) mass is 430 g/mol. The summed E-state index contributed by atoms with van der Waals surface area (Å²) in [4.78, 5) is 0. The van der Waals surface area contributed by atoms with E-state index in [1.165, 1.54) is 61.9 Å². The Balaban J connectivity index is 1.57. The fourth-order valence-electron chi connectivity index (χ4n) is 4.15. The van der Waals surface area contributed by atoms with E-state index in [4.69, 9.17) is 4.74 Å². The minimum Gasteiger partial charge on any atom is -0.494 e. The number of hydrogen-bond acceptors (Lipinski definition) is 1. The molecule has 0 heterocycles. The van der Waals surface area contributed by atoms with Crippen molar-refractivity contribution in [1.82, 2.24) is 0 Å². The molecule has 0 amide bonds. The minimum atomic E-state index is -0.507. The van der Waals surface area contributed by atoms with E-state index in [-0.39, 0.29) is 11.6 Å². The van der Waals surface area contributed by atoms with Crippen molar-refractivity contribution in [2.45, 2.75) is 39.0 Å². The Kier molecular flexibility index (Phi) is 6.84. The van der Waals surface area contributed by atoms with Gasteiger partial charge in [-0.25, -0.2) is 8.78 Å². The van der Waals surface area contributed by atoms with Crippen molar-refractivity contribution in [2.24, 2.45) is 0 Å². The van der Waals surface area contributed by atoms with E-state index in [1.54, 1.807) is 12.1 Å².